The molecule has 0 aromatic heterocycles. The minimum Gasteiger partial charge on any atom is -0.387 e. The minimum absolute atomic E-state index is 0.195. The molecule has 2 N–H and O–H groups in total. The molecule has 1 saturated carbocycles. The average Bonchev–Trinajstić information content (AvgIpc) is 3.35. The number of rotatable bonds is 6. The Balaban J connectivity index is 1.48. The number of piperidine rings is 1. The molecule has 2 atom stereocenters. The van der Waals surface area contributed by atoms with E-state index < -0.39 is 17.7 Å². The first kappa shape index (κ1) is 16.8. The number of aliphatic hydroxyl groups is 1. The largest absolute Gasteiger partial charge is 0.387 e. The molecule has 1 heterocycles. The Labute approximate surface area is 136 Å². The number of hydrogen-bond acceptors (Lipinski definition) is 3. The van der Waals surface area contributed by atoms with Crippen molar-refractivity contribution in [2.75, 3.05) is 19.6 Å². The molecule has 2 unspecified atom stereocenters. The summed E-state index contributed by atoms with van der Waals surface area (Å²) in [6.45, 7) is 5.33. The molecule has 3 rings (SSSR count). The third kappa shape index (κ3) is 4.49. The lowest BCUT2D eigenvalue weighted by molar-refractivity contribution is 0.114. The van der Waals surface area contributed by atoms with Gasteiger partial charge in [-0.25, -0.2) is 8.78 Å². The Bertz CT molecular complexity index is 528. The molecule has 1 saturated heterocycles. The van der Waals surface area contributed by atoms with Gasteiger partial charge in [-0.3, -0.25) is 0 Å². The molecule has 2 aliphatic rings. The first-order valence-electron chi connectivity index (χ1n) is 8.64. The van der Waals surface area contributed by atoms with Crippen LogP contribution in [0.2, 0.25) is 0 Å². The van der Waals surface area contributed by atoms with Crippen LogP contribution in [0.15, 0.2) is 18.2 Å². The molecule has 0 bridgehead atoms. The summed E-state index contributed by atoms with van der Waals surface area (Å²) in [7, 11) is 0. The van der Waals surface area contributed by atoms with Gasteiger partial charge in [-0.15, -0.1) is 0 Å². The Morgan fingerprint density at radius 2 is 1.87 bits per heavy atom. The van der Waals surface area contributed by atoms with Gasteiger partial charge in [0.15, 0.2) is 11.6 Å². The van der Waals surface area contributed by atoms with E-state index in [-0.39, 0.29) is 6.04 Å². The number of nitrogens with zero attached hydrogens (tertiary/aromatic N) is 1. The van der Waals surface area contributed by atoms with Crippen molar-refractivity contribution in [3.63, 3.8) is 0 Å². The number of aliphatic hydroxyl groups excluding tert-OH is 1. The summed E-state index contributed by atoms with van der Waals surface area (Å²) in [5.41, 5.74) is 0.412. The lowest BCUT2D eigenvalue weighted by Crippen LogP contribution is -2.47. The summed E-state index contributed by atoms with van der Waals surface area (Å²) in [6.07, 6.45) is 4.07. The second-order valence-corrected chi connectivity index (χ2v) is 7.09. The van der Waals surface area contributed by atoms with Crippen LogP contribution in [0.25, 0.3) is 0 Å². The van der Waals surface area contributed by atoms with Crippen molar-refractivity contribution in [1.82, 2.24) is 10.2 Å². The van der Waals surface area contributed by atoms with Gasteiger partial charge >= 0.3 is 0 Å². The van der Waals surface area contributed by atoms with Crippen molar-refractivity contribution < 1.29 is 13.9 Å². The fourth-order valence-electron chi connectivity index (χ4n) is 3.40. The molecule has 0 radical (unpaired) electrons. The van der Waals surface area contributed by atoms with Gasteiger partial charge in [0.1, 0.15) is 0 Å². The van der Waals surface area contributed by atoms with Gasteiger partial charge in [0.05, 0.1) is 6.10 Å². The second kappa shape index (κ2) is 7.24. The van der Waals surface area contributed by atoms with Crippen LogP contribution in [-0.2, 0) is 0 Å². The zero-order valence-corrected chi connectivity index (χ0v) is 13.6. The molecule has 2 fully saturated rings. The third-order valence-electron chi connectivity index (χ3n) is 5.06. The lowest BCUT2D eigenvalue weighted by Gasteiger charge is -2.35. The molecular formula is C18H26F2N2O. The molecule has 128 valence electrons. The highest BCUT2D eigenvalue weighted by Gasteiger charge is 2.28. The van der Waals surface area contributed by atoms with E-state index in [1.54, 1.807) is 0 Å². The lowest BCUT2D eigenvalue weighted by atomic mass is 9.99. The molecule has 1 aliphatic heterocycles. The first-order valence-corrected chi connectivity index (χ1v) is 8.64. The van der Waals surface area contributed by atoms with Crippen molar-refractivity contribution in [2.45, 2.75) is 50.8 Å². The van der Waals surface area contributed by atoms with E-state index >= 15 is 0 Å². The predicted molar refractivity (Wildman–Crippen MR) is 86.1 cm³/mol. The highest BCUT2D eigenvalue weighted by atomic mass is 19.2. The van der Waals surface area contributed by atoms with E-state index in [1.165, 1.54) is 25.5 Å². The van der Waals surface area contributed by atoms with E-state index in [2.05, 4.69) is 10.2 Å². The number of benzene rings is 1. The van der Waals surface area contributed by atoms with E-state index in [4.69, 9.17) is 0 Å². The van der Waals surface area contributed by atoms with Gasteiger partial charge in [0.2, 0.25) is 0 Å². The van der Waals surface area contributed by atoms with Crippen LogP contribution in [0, 0.1) is 17.6 Å². The number of nitrogens with one attached hydrogen (secondary N) is 1. The van der Waals surface area contributed by atoms with Crippen molar-refractivity contribution in [1.29, 1.82) is 0 Å². The predicted octanol–water partition coefficient (Wildman–Crippen LogP) is 2.85. The molecule has 3 nitrogen and oxygen atoms in total. The van der Waals surface area contributed by atoms with E-state index in [0.717, 1.165) is 44.0 Å². The normalized spacial score (nSPS) is 23.0. The highest BCUT2D eigenvalue weighted by Crippen LogP contribution is 2.30. The van der Waals surface area contributed by atoms with Gasteiger partial charge in [0.25, 0.3) is 0 Å². The summed E-state index contributed by atoms with van der Waals surface area (Å²) in [4.78, 5) is 2.53. The van der Waals surface area contributed by atoms with Crippen LogP contribution in [0.3, 0.4) is 0 Å². The summed E-state index contributed by atoms with van der Waals surface area (Å²) >= 11 is 0. The Morgan fingerprint density at radius 1 is 1.17 bits per heavy atom. The average molecular weight is 324 g/mol. The SMILES string of the molecule is CC(NC1CCN(CC2CC2)CC1)C(O)c1ccc(F)c(F)c1. The number of hydrogen-bond donors (Lipinski definition) is 2. The molecule has 1 aromatic rings. The molecule has 0 amide bonds. The van der Waals surface area contributed by atoms with Crippen LogP contribution < -0.4 is 5.32 Å². The highest BCUT2D eigenvalue weighted by molar-refractivity contribution is 5.21. The van der Waals surface area contributed by atoms with E-state index in [0.29, 0.717) is 11.6 Å². The monoisotopic (exact) mass is 324 g/mol. The van der Waals surface area contributed by atoms with E-state index in [1.807, 2.05) is 6.92 Å². The topological polar surface area (TPSA) is 35.5 Å². The van der Waals surface area contributed by atoms with Crippen molar-refractivity contribution in [2.24, 2.45) is 5.92 Å². The molecule has 5 heteroatoms. The minimum atomic E-state index is -0.915. The molecule has 0 spiro atoms. The van der Waals surface area contributed by atoms with Crippen LogP contribution in [0.1, 0.15) is 44.3 Å². The van der Waals surface area contributed by atoms with Crippen molar-refractivity contribution >= 4 is 0 Å². The fraction of sp³-hybridized carbons (Fsp3) is 0.667. The Kier molecular flexibility index (Phi) is 5.29. The zero-order valence-electron chi connectivity index (χ0n) is 13.6. The van der Waals surface area contributed by atoms with Gasteiger partial charge in [-0.1, -0.05) is 6.07 Å². The van der Waals surface area contributed by atoms with Crippen LogP contribution >= 0.6 is 0 Å². The van der Waals surface area contributed by atoms with Crippen LogP contribution in [0.4, 0.5) is 8.78 Å². The Hall–Kier alpha value is -1.04. The van der Waals surface area contributed by atoms with Crippen molar-refractivity contribution in [3.05, 3.63) is 35.4 Å². The van der Waals surface area contributed by atoms with Gasteiger partial charge < -0.3 is 15.3 Å². The van der Waals surface area contributed by atoms with Gasteiger partial charge in [-0.2, -0.15) is 0 Å². The quantitative estimate of drug-likeness (QED) is 0.845. The van der Waals surface area contributed by atoms with Crippen LogP contribution in [0.5, 0.6) is 0 Å². The molecular weight excluding hydrogens is 298 g/mol. The molecule has 1 aromatic carbocycles. The van der Waals surface area contributed by atoms with Gasteiger partial charge in [-0.05, 0) is 69.3 Å². The maximum absolute atomic E-state index is 13.3. The summed E-state index contributed by atoms with van der Waals surface area (Å²) in [6, 6.07) is 3.77. The summed E-state index contributed by atoms with van der Waals surface area (Å²) in [5, 5.41) is 13.8. The number of likely N-dealkylation sites (tertiary alicyclic amines) is 1. The van der Waals surface area contributed by atoms with Crippen LogP contribution in [-0.4, -0.2) is 41.7 Å². The Morgan fingerprint density at radius 3 is 2.48 bits per heavy atom. The second-order valence-electron chi connectivity index (χ2n) is 7.09. The maximum atomic E-state index is 13.3. The number of halogens is 2. The van der Waals surface area contributed by atoms with Crippen molar-refractivity contribution in [3.8, 4) is 0 Å². The van der Waals surface area contributed by atoms with Gasteiger partial charge in [0, 0.05) is 18.6 Å². The smallest absolute Gasteiger partial charge is 0.159 e. The fourth-order valence-corrected chi connectivity index (χ4v) is 3.40. The maximum Gasteiger partial charge on any atom is 0.159 e. The molecule has 1 aliphatic carbocycles. The van der Waals surface area contributed by atoms with E-state index in [9.17, 15) is 13.9 Å². The zero-order chi connectivity index (χ0) is 16.4. The first-order chi connectivity index (χ1) is 11.0. The standard InChI is InChI=1S/C18H26F2N2O/c1-12(18(23)14-4-5-16(19)17(20)10-14)21-15-6-8-22(9-7-15)11-13-2-3-13/h4-5,10,12-13,15,18,21,23H,2-3,6-9,11H2,1H3. The third-order valence-corrected chi connectivity index (χ3v) is 5.06. The summed E-state index contributed by atoms with van der Waals surface area (Å²) in [5.74, 6) is -0.875. The summed E-state index contributed by atoms with van der Waals surface area (Å²) < 4.78 is 26.3. The molecule has 23 heavy (non-hydrogen) atoms.